The molecule has 0 unspecified atom stereocenters. The van der Waals surface area contributed by atoms with Gasteiger partial charge < -0.3 is 4.74 Å². The summed E-state index contributed by atoms with van der Waals surface area (Å²) in [6.07, 6.45) is 0.384. The van der Waals surface area contributed by atoms with E-state index < -0.39 is 0 Å². The summed E-state index contributed by atoms with van der Waals surface area (Å²) < 4.78 is 5.71. The van der Waals surface area contributed by atoms with Gasteiger partial charge in [-0.3, -0.25) is 9.69 Å². The van der Waals surface area contributed by atoms with E-state index in [1.807, 2.05) is 19.1 Å². The summed E-state index contributed by atoms with van der Waals surface area (Å²) in [6.45, 7) is 5.04. The van der Waals surface area contributed by atoms with Crippen molar-refractivity contribution in [3.63, 3.8) is 0 Å². The molecule has 3 rings (SSSR count). The number of benzene rings is 2. The number of hydrogen-bond acceptors (Lipinski definition) is 3. The lowest BCUT2D eigenvalue weighted by Gasteiger charge is -2.43. The van der Waals surface area contributed by atoms with Crippen molar-refractivity contribution >= 4 is 28.6 Å². The lowest BCUT2D eigenvalue weighted by atomic mass is 9.96. The van der Waals surface area contributed by atoms with Crippen LogP contribution in [0.1, 0.15) is 37.4 Å². The molecule has 0 aromatic heterocycles. The number of cyclic esters (lactones) is 1. The number of carbonyl (C=O) groups is 1. The fourth-order valence-corrected chi connectivity index (χ4v) is 4.29. The summed E-state index contributed by atoms with van der Waals surface area (Å²) in [5.74, 6) is -0.0938. The molecule has 4 heteroatoms. The van der Waals surface area contributed by atoms with Gasteiger partial charge >= 0.3 is 5.97 Å². The van der Waals surface area contributed by atoms with Crippen molar-refractivity contribution in [3.8, 4) is 0 Å². The first-order valence-corrected chi connectivity index (χ1v) is 9.99. The first kappa shape index (κ1) is 18.4. The van der Waals surface area contributed by atoms with Gasteiger partial charge in [-0.25, -0.2) is 0 Å². The molecule has 0 saturated carbocycles. The van der Waals surface area contributed by atoms with Crippen LogP contribution >= 0.6 is 22.6 Å². The number of halogens is 1. The van der Waals surface area contributed by atoms with E-state index in [1.165, 1.54) is 11.1 Å². The van der Waals surface area contributed by atoms with Crippen molar-refractivity contribution in [2.75, 3.05) is 0 Å². The van der Waals surface area contributed by atoms with Crippen molar-refractivity contribution in [2.45, 2.75) is 48.9 Å². The van der Waals surface area contributed by atoms with Crippen molar-refractivity contribution in [1.29, 1.82) is 0 Å². The summed E-state index contributed by atoms with van der Waals surface area (Å²) in [7, 11) is 0. The van der Waals surface area contributed by atoms with Crippen LogP contribution in [0.4, 0.5) is 0 Å². The van der Waals surface area contributed by atoms with Crippen molar-refractivity contribution < 1.29 is 9.53 Å². The summed E-state index contributed by atoms with van der Waals surface area (Å²) in [5, 5.41) is 0. The van der Waals surface area contributed by atoms with Crippen LogP contribution in [0.3, 0.4) is 0 Å². The molecule has 1 fully saturated rings. The quantitative estimate of drug-likeness (QED) is 0.375. The maximum absolute atomic E-state index is 12.1. The van der Waals surface area contributed by atoms with E-state index in [-0.39, 0.29) is 28.1 Å². The van der Waals surface area contributed by atoms with E-state index in [1.54, 1.807) is 0 Å². The zero-order valence-electron chi connectivity index (χ0n) is 14.6. The Morgan fingerprint density at radius 1 is 1.12 bits per heavy atom. The van der Waals surface area contributed by atoms with Gasteiger partial charge in [0.05, 0.1) is 10.3 Å². The van der Waals surface area contributed by atoms with E-state index in [0.29, 0.717) is 6.42 Å². The van der Waals surface area contributed by atoms with E-state index >= 15 is 0 Å². The first-order valence-electron chi connectivity index (χ1n) is 8.74. The Morgan fingerprint density at radius 2 is 1.72 bits per heavy atom. The van der Waals surface area contributed by atoms with E-state index in [0.717, 1.165) is 6.54 Å². The number of rotatable bonds is 5. The highest BCUT2D eigenvalue weighted by atomic mass is 127. The summed E-state index contributed by atoms with van der Waals surface area (Å²) in [5.41, 5.74) is 2.54. The minimum Gasteiger partial charge on any atom is -0.461 e. The summed E-state index contributed by atoms with van der Waals surface area (Å²) >= 11 is 2.45. The van der Waals surface area contributed by atoms with Crippen LogP contribution in [0.5, 0.6) is 0 Å². The molecule has 0 aliphatic carbocycles. The van der Waals surface area contributed by atoms with Crippen LogP contribution in [-0.2, 0) is 16.1 Å². The maximum Gasteiger partial charge on any atom is 0.307 e. The lowest BCUT2D eigenvalue weighted by Crippen LogP contribution is -2.51. The van der Waals surface area contributed by atoms with Gasteiger partial charge in [-0.05, 0) is 25.0 Å². The number of alkyl halides is 1. The van der Waals surface area contributed by atoms with Gasteiger partial charge in [0, 0.05) is 18.6 Å². The lowest BCUT2D eigenvalue weighted by molar-refractivity contribution is -0.156. The van der Waals surface area contributed by atoms with Crippen LogP contribution in [0.25, 0.3) is 0 Å². The molecule has 0 spiro atoms. The Balaban J connectivity index is 1.92. The molecule has 2 aromatic rings. The highest BCUT2D eigenvalue weighted by molar-refractivity contribution is 14.1. The molecule has 0 radical (unpaired) electrons. The molecule has 1 aliphatic rings. The van der Waals surface area contributed by atoms with Crippen LogP contribution < -0.4 is 0 Å². The Morgan fingerprint density at radius 3 is 2.36 bits per heavy atom. The van der Waals surface area contributed by atoms with Gasteiger partial charge in [0.25, 0.3) is 0 Å². The van der Waals surface area contributed by atoms with Crippen LogP contribution in [-0.4, -0.2) is 26.9 Å². The number of hydrogen-bond donors (Lipinski definition) is 0. The fraction of sp³-hybridized carbons (Fsp3) is 0.381. The predicted octanol–water partition coefficient (Wildman–Crippen LogP) is 4.76. The van der Waals surface area contributed by atoms with Crippen molar-refractivity contribution in [3.05, 3.63) is 71.8 Å². The molecule has 132 valence electrons. The van der Waals surface area contributed by atoms with E-state index in [4.69, 9.17) is 4.74 Å². The topological polar surface area (TPSA) is 29.5 Å². The molecule has 2 aromatic carbocycles. The van der Waals surface area contributed by atoms with Gasteiger partial charge in [-0.2, -0.15) is 0 Å². The average molecular weight is 449 g/mol. The molecule has 1 aliphatic heterocycles. The smallest absolute Gasteiger partial charge is 0.307 e. The van der Waals surface area contributed by atoms with E-state index in [2.05, 4.69) is 82.9 Å². The van der Waals surface area contributed by atoms with Gasteiger partial charge in [-0.15, -0.1) is 0 Å². The number of ether oxygens (including phenoxy) is 1. The Kier molecular flexibility index (Phi) is 6.12. The Bertz CT molecular complexity index is 692. The third kappa shape index (κ3) is 4.42. The zero-order valence-corrected chi connectivity index (χ0v) is 16.8. The molecule has 0 bridgehead atoms. The summed E-state index contributed by atoms with van der Waals surface area (Å²) in [4.78, 5) is 14.6. The summed E-state index contributed by atoms with van der Waals surface area (Å²) in [6, 6.07) is 21.4. The maximum atomic E-state index is 12.1. The van der Waals surface area contributed by atoms with Crippen molar-refractivity contribution in [1.82, 2.24) is 4.90 Å². The monoisotopic (exact) mass is 449 g/mol. The second-order valence-corrected chi connectivity index (χ2v) is 8.09. The molecule has 0 amide bonds. The van der Waals surface area contributed by atoms with Gasteiger partial charge in [0.15, 0.2) is 0 Å². The number of nitrogens with zero attached hydrogens (tertiary/aromatic N) is 1. The second-order valence-electron chi connectivity index (χ2n) is 6.66. The number of carbonyl (C=O) groups excluding carboxylic acids is 1. The average Bonchev–Trinajstić information content (AvgIpc) is 2.64. The minimum atomic E-state index is -0.0938. The normalized spacial score (nSPS) is 24.8. The predicted molar refractivity (Wildman–Crippen MR) is 109 cm³/mol. The minimum absolute atomic E-state index is 0.0619. The molecule has 25 heavy (non-hydrogen) atoms. The molecule has 1 saturated heterocycles. The van der Waals surface area contributed by atoms with Gasteiger partial charge in [0.2, 0.25) is 0 Å². The second kappa shape index (κ2) is 8.32. The standard InChI is InChI=1S/C21H24INO2/c1-15(18-11-7-4-8-12-18)23(14-17-9-5-3-6-10-17)19-13-20(24)25-16(2)21(19)22/h3-12,15-16,19,21H,13-14H2,1-2H3/t15-,16+,19+,21+/m1/s1. The van der Waals surface area contributed by atoms with Crippen molar-refractivity contribution in [2.24, 2.45) is 0 Å². The zero-order chi connectivity index (χ0) is 17.8. The molecular weight excluding hydrogens is 425 g/mol. The molecule has 0 N–H and O–H groups in total. The SMILES string of the molecule is C[C@@H]1OC(=O)C[C@H](N(Cc2ccccc2)[C@H](C)c2ccccc2)[C@H]1I. The van der Waals surface area contributed by atoms with Gasteiger partial charge in [-0.1, -0.05) is 83.3 Å². The molecular formula is C21H24INO2. The first-order chi connectivity index (χ1) is 12.1. The third-order valence-corrected chi connectivity index (χ3v) is 6.77. The van der Waals surface area contributed by atoms with E-state index in [9.17, 15) is 4.79 Å². The number of esters is 1. The van der Waals surface area contributed by atoms with Gasteiger partial charge in [0.1, 0.15) is 6.10 Å². The molecule has 4 atom stereocenters. The largest absolute Gasteiger partial charge is 0.461 e. The molecule has 3 nitrogen and oxygen atoms in total. The fourth-order valence-electron chi connectivity index (χ4n) is 3.48. The van der Waals surface area contributed by atoms with Crippen LogP contribution in [0, 0.1) is 0 Å². The van der Waals surface area contributed by atoms with Crippen LogP contribution in [0.2, 0.25) is 0 Å². The molecule has 1 heterocycles. The Labute approximate surface area is 163 Å². The highest BCUT2D eigenvalue weighted by Crippen LogP contribution is 2.34. The Hall–Kier alpha value is -1.40. The highest BCUT2D eigenvalue weighted by Gasteiger charge is 2.39. The van der Waals surface area contributed by atoms with Crippen LogP contribution in [0.15, 0.2) is 60.7 Å². The third-order valence-electron chi connectivity index (χ3n) is 4.92.